The molecule has 41 heavy (non-hydrogen) atoms. The highest BCUT2D eigenvalue weighted by atomic mass is 16.5. The molecule has 0 amide bonds. The van der Waals surface area contributed by atoms with Crippen LogP contribution in [-0.4, -0.2) is 44.9 Å². The normalized spacial score (nSPS) is 31.9. The van der Waals surface area contributed by atoms with Crippen LogP contribution in [0.4, 0.5) is 0 Å². The summed E-state index contributed by atoms with van der Waals surface area (Å²) in [5, 5.41) is 21.6. The minimum absolute atomic E-state index is 0.156. The molecule has 6 heteroatoms. The number of hydrogen-bond donors (Lipinski definition) is 2. The minimum atomic E-state index is -1.91. The van der Waals surface area contributed by atoms with Gasteiger partial charge in [0.25, 0.3) is 0 Å². The standard InChI is InChI=1S/C35H52O6/c1-21(2)13-12-16-33(11)24(15-17-31(7,8)39)20-34(18-14-22(3)4)29-25(19-26(41-29)32(9,10)40)28(37)35(33,30(34)38)27(36)23(5)6/h13-15,17,23-24,26,39-40H,12,16,18-20H2,1-11H3/b17-15+/t24-,26-,33+,34+,35-/m0/s1. The Kier molecular flexibility index (Phi) is 8.97. The van der Waals surface area contributed by atoms with E-state index in [1.54, 1.807) is 47.6 Å². The number of hydrogen-bond acceptors (Lipinski definition) is 6. The van der Waals surface area contributed by atoms with E-state index < -0.39 is 45.3 Å². The second kappa shape index (κ2) is 11.1. The van der Waals surface area contributed by atoms with Gasteiger partial charge in [0.05, 0.1) is 16.6 Å². The second-order valence-electron chi connectivity index (χ2n) is 14.8. The van der Waals surface area contributed by atoms with Gasteiger partial charge >= 0.3 is 0 Å². The zero-order chi connectivity index (χ0) is 31.3. The van der Waals surface area contributed by atoms with Gasteiger partial charge in [0.15, 0.2) is 22.8 Å². The Morgan fingerprint density at radius 3 is 2.12 bits per heavy atom. The highest BCUT2D eigenvalue weighted by molar-refractivity contribution is 6.33. The molecule has 1 saturated carbocycles. The molecule has 3 rings (SSSR count). The highest BCUT2D eigenvalue weighted by Gasteiger charge is 2.77. The lowest BCUT2D eigenvalue weighted by molar-refractivity contribution is -0.178. The molecule has 0 unspecified atom stereocenters. The topological polar surface area (TPSA) is 101 Å². The van der Waals surface area contributed by atoms with Crippen molar-refractivity contribution in [3.63, 3.8) is 0 Å². The monoisotopic (exact) mass is 568 g/mol. The summed E-state index contributed by atoms with van der Waals surface area (Å²) in [6, 6.07) is 0. The molecule has 1 aliphatic heterocycles. The minimum Gasteiger partial charge on any atom is -0.490 e. The molecule has 228 valence electrons. The summed E-state index contributed by atoms with van der Waals surface area (Å²) < 4.78 is 6.42. The van der Waals surface area contributed by atoms with Crippen LogP contribution in [0.1, 0.15) is 108 Å². The first-order valence-electron chi connectivity index (χ1n) is 15.1. The Morgan fingerprint density at radius 2 is 1.63 bits per heavy atom. The molecule has 2 N–H and O–H groups in total. The lowest BCUT2D eigenvalue weighted by atomic mass is 9.38. The third-order valence-corrected chi connectivity index (χ3v) is 9.49. The molecule has 2 aliphatic carbocycles. The number of Topliss-reactive ketones (excluding diaryl/α,β-unsaturated/α-hetero) is 3. The van der Waals surface area contributed by atoms with Gasteiger partial charge < -0.3 is 14.9 Å². The first-order chi connectivity index (χ1) is 18.6. The average molecular weight is 569 g/mol. The van der Waals surface area contributed by atoms with Crippen LogP contribution in [0.5, 0.6) is 0 Å². The Morgan fingerprint density at radius 1 is 1.05 bits per heavy atom. The molecule has 1 fully saturated rings. The van der Waals surface area contributed by atoms with E-state index >= 15 is 4.79 Å². The maximum Gasteiger partial charge on any atom is 0.184 e. The smallest absolute Gasteiger partial charge is 0.184 e. The number of carbonyl (C=O) groups is 3. The number of ketones is 3. The van der Waals surface area contributed by atoms with E-state index in [-0.39, 0.29) is 23.9 Å². The molecule has 0 saturated heterocycles. The Labute approximate surface area is 247 Å². The van der Waals surface area contributed by atoms with Gasteiger partial charge in [-0.3, -0.25) is 14.4 Å². The van der Waals surface area contributed by atoms with Crippen molar-refractivity contribution in [1.82, 2.24) is 0 Å². The van der Waals surface area contributed by atoms with Gasteiger partial charge in [-0.25, -0.2) is 0 Å². The molecule has 3 aliphatic rings. The maximum atomic E-state index is 15.2. The zero-order valence-electron chi connectivity index (χ0n) is 27.1. The number of rotatable bonds is 10. The van der Waals surface area contributed by atoms with Gasteiger partial charge in [0.1, 0.15) is 11.9 Å². The predicted molar refractivity (Wildman–Crippen MR) is 162 cm³/mol. The summed E-state index contributed by atoms with van der Waals surface area (Å²) in [6.07, 6.45) is 8.87. The van der Waals surface area contributed by atoms with Crippen LogP contribution in [0.15, 0.2) is 46.8 Å². The molecular formula is C35H52O6. The Hall–Kier alpha value is -2.31. The molecule has 5 atom stereocenters. The van der Waals surface area contributed by atoms with Crippen molar-refractivity contribution in [3.8, 4) is 0 Å². The molecule has 0 aromatic carbocycles. The lowest BCUT2D eigenvalue weighted by Gasteiger charge is -2.60. The number of fused-ring (bicyclic) bond motifs is 3. The SMILES string of the molecule is CC(C)=CCC[C@]1(C)[C@@H](/C=C/C(C)(C)O)C[C@@]2(CC=C(C)C)C(=O)[C@]1(C(=O)C(C)C)C(=O)C1=C2O[C@H](C(C)(C)O)C1. The van der Waals surface area contributed by atoms with Crippen molar-refractivity contribution in [2.45, 2.75) is 126 Å². The van der Waals surface area contributed by atoms with Gasteiger partial charge in [-0.1, -0.05) is 56.2 Å². The molecule has 0 radical (unpaired) electrons. The van der Waals surface area contributed by atoms with Crippen LogP contribution < -0.4 is 0 Å². The maximum absolute atomic E-state index is 15.2. The van der Waals surface area contributed by atoms with E-state index in [4.69, 9.17) is 4.74 Å². The Balaban J connectivity index is 2.46. The first kappa shape index (κ1) is 33.2. The van der Waals surface area contributed by atoms with E-state index in [0.717, 1.165) is 11.1 Å². The summed E-state index contributed by atoms with van der Waals surface area (Å²) >= 11 is 0. The number of aliphatic hydroxyl groups is 2. The van der Waals surface area contributed by atoms with E-state index in [9.17, 15) is 19.8 Å². The van der Waals surface area contributed by atoms with Crippen LogP contribution in [-0.2, 0) is 19.1 Å². The van der Waals surface area contributed by atoms with Gasteiger partial charge in [0, 0.05) is 23.3 Å². The second-order valence-corrected chi connectivity index (χ2v) is 14.8. The van der Waals surface area contributed by atoms with Crippen molar-refractivity contribution >= 4 is 17.3 Å². The highest BCUT2D eigenvalue weighted by Crippen LogP contribution is 2.68. The molecule has 0 aromatic heterocycles. The quantitative estimate of drug-likeness (QED) is 0.227. The van der Waals surface area contributed by atoms with E-state index in [2.05, 4.69) is 6.08 Å². The Bertz CT molecular complexity index is 1210. The van der Waals surface area contributed by atoms with Gasteiger partial charge in [-0.15, -0.1) is 0 Å². The van der Waals surface area contributed by atoms with E-state index in [1.165, 1.54) is 0 Å². The van der Waals surface area contributed by atoms with Gasteiger partial charge in [-0.2, -0.15) is 0 Å². The van der Waals surface area contributed by atoms with Crippen LogP contribution in [0.3, 0.4) is 0 Å². The van der Waals surface area contributed by atoms with Crippen LogP contribution in [0.25, 0.3) is 0 Å². The summed E-state index contributed by atoms with van der Waals surface area (Å²) in [5.41, 5.74) is -4.05. The number of allylic oxidation sites excluding steroid dienone is 6. The fourth-order valence-electron chi connectivity index (χ4n) is 7.15. The number of ether oxygens (including phenoxy) is 1. The third kappa shape index (κ3) is 5.59. The van der Waals surface area contributed by atoms with Crippen molar-refractivity contribution in [2.75, 3.05) is 0 Å². The van der Waals surface area contributed by atoms with Gasteiger partial charge in [-0.05, 0) is 87.0 Å². The van der Waals surface area contributed by atoms with Crippen LogP contribution >= 0.6 is 0 Å². The van der Waals surface area contributed by atoms with Crippen molar-refractivity contribution in [2.24, 2.45) is 28.1 Å². The van der Waals surface area contributed by atoms with E-state index in [0.29, 0.717) is 37.0 Å². The molecule has 6 nitrogen and oxygen atoms in total. The van der Waals surface area contributed by atoms with Crippen molar-refractivity contribution in [1.29, 1.82) is 0 Å². The fourth-order valence-corrected chi connectivity index (χ4v) is 7.15. The average Bonchev–Trinajstić information content (AvgIpc) is 3.28. The zero-order valence-corrected chi connectivity index (χ0v) is 27.1. The van der Waals surface area contributed by atoms with Crippen molar-refractivity contribution in [3.05, 3.63) is 46.8 Å². The largest absolute Gasteiger partial charge is 0.490 e. The van der Waals surface area contributed by atoms with Crippen LogP contribution in [0, 0.1) is 28.1 Å². The molecule has 2 bridgehead atoms. The first-order valence-corrected chi connectivity index (χ1v) is 15.1. The molecular weight excluding hydrogens is 516 g/mol. The summed E-state index contributed by atoms with van der Waals surface area (Å²) in [7, 11) is 0. The third-order valence-electron chi connectivity index (χ3n) is 9.49. The summed E-state index contributed by atoms with van der Waals surface area (Å²) in [6.45, 7) is 20.1. The molecule has 0 spiro atoms. The number of carbonyl (C=O) groups excluding carboxylic acids is 3. The molecule has 1 heterocycles. The fraction of sp³-hybridized carbons (Fsp3) is 0.686. The summed E-state index contributed by atoms with van der Waals surface area (Å²) in [4.78, 5) is 44.8. The van der Waals surface area contributed by atoms with Crippen molar-refractivity contribution < 1.29 is 29.3 Å². The summed E-state index contributed by atoms with van der Waals surface area (Å²) in [5.74, 6) is -1.79. The van der Waals surface area contributed by atoms with E-state index in [1.807, 2.05) is 46.8 Å². The lowest BCUT2D eigenvalue weighted by Crippen LogP contribution is -2.70. The van der Waals surface area contributed by atoms with Crippen LogP contribution in [0.2, 0.25) is 0 Å². The van der Waals surface area contributed by atoms with Gasteiger partial charge in [0.2, 0.25) is 0 Å². The predicted octanol–water partition coefficient (Wildman–Crippen LogP) is 6.61. The molecule has 0 aromatic rings.